The third-order valence-electron chi connectivity index (χ3n) is 5.61. The maximum absolute atomic E-state index is 6.25. The van der Waals surface area contributed by atoms with Crippen molar-refractivity contribution in [3.8, 4) is 0 Å². The molecule has 158 valence electrons. The van der Waals surface area contributed by atoms with Crippen molar-refractivity contribution >= 4 is 0 Å². The molecule has 0 fully saturated rings. The third kappa shape index (κ3) is 20.3. The molecule has 0 aliphatic carbocycles. The average Bonchev–Trinajstić information content (AvgIpc) is 2.66. The molecule has 1 atom stereocenters. The highest BCUT2D eigenvalue weighted by atomic mass is 16.5. The molecule has 0 aromatic heterocycles. The normalized spacial score (nSPS) is 12.6. The van der Waals surface area contributed by atoms with Crippen LogP contribution in [0.5, 0.6) is 0 Å². The summed E-state index contributed by atoms with van der Waals surface area (Å²) in [5.41, 5.74) is 0. The van der Waals surface area contributed by atoms with Crippen LogP contribution in [0, 0.1) is 0 Å². The van der Waals surface area contributed by atoms with Gasteiger partial charge in [0.05, 0.1) is 6.10 Å². The summed E-state index contributed by atoms with van der Waals surface area (Å²) in [7, 11) is 0. The molecule has 1 nitrogen and oxygen atoms in total. The second-order valence-electron chi connectivity index (χ2n) is 8.37. The van der Waals surface area contributed by atoms with Crippen molar-refractivity contribution in [1.29, 1.82) is 0 Å². The van der Waals surface area contributed by atoms with Gasteiger partial charge in [0.15, 0.2) is 0 Å². The summed E-state index contributed by atoms with van der Waals surface area (Å²) in [4.78, 5) is 0. The zero-order valence-corrected chi connectivity index (χ0v) is 18.8. The van der Waals surface area contributed by atoms with Gasteiger partial charge in [0.25, 0.3) is 0 Å². The molecule has 0 bridgehead atoms. The molecule has 0 aliphatic rings. The number of rotatable bonds is 22. The number of ether oxygens (including phenoxy) is 1. The largest absolute Gasteiger partial charge is 0.378 e. The molecule has 0 N–H and O–H groups in total. The molecule has 0 amide bonds. The summed E-state index contributed by atoms with van der Waals surface area (Å²) in [5.74, 6) is 0. The average molecular weight is 369 g/mol. The predicted molar refractivity (Wildman–Crippen MR) is 119 cm³/mol. The standard InChI is InChI=1S/C25H52O/c1-4-7-10-12-14-16-18-20-23-25(22-9-6-3)26-24-21-19-17-15-13-11-8-5-2/h25H,4-24H2,1-3H3. The second kappa shape index (κ2) is 23.0. The molecular formula is C25H52O. The molecule has 0 radical (unpaired) electrons. The number of unbranched alkanes of at least 4 members (excludes halogenated alkanes) is 15. The molecular weight excluding hydrogens is 316 g/mol. The molecule has 0 aromatic rings. The Balaban J connectivity index is 3.53. The van der Waals surface area contributed by atoms with Crippen LogP contribution in [-0.2, 0) is 4.74 Å². The van der Waals surface area contributed by atoms with Gasteiger partial charge in [0, 0.05) is 6.61 Å². The first kappa shape index (κ1) is 26.0. The summed E-state index contributed by atoms with van der Waals surface area (Å²) in [6, 6.07) is 0. The highest BCUT2D eigenvalue weighted by molar-refractivity contribution is 4.60. The highest BCUT2D eigenvalue weighted by Crippen LogP contribution is 2.16. The lowest BCUT2D eigenvalue weighted by molar-refractivity contribution is 0.0360. The van der Waals surface area contributed by atoms with E-state index < -0.39 is 0 Å². The molecule has 26 heavy (non-hydrogen) atoms. The molecule has 1 heteroatoms. The van der Waals surface area contributed by atoms with Crippen LogP contribution in [0.1, 0.15) is 149 Å². The van der Waals surface area contributed by atoms with Crippen molar-refractivity contribution in [2.75, 3.05) is 6.61 Å². The van der Waals surface area contributed by atoms with Crippen LogP contribution < -0.4 is 0 Å². The molecule has 0 aliphatic heterocycles. The van der Waals surface area contributed by atoms with E-state index in [1.54, 1.807) is 0 Å². The van der Waals surface area contributed by atoms with Crippen molar-refractivity contribution in [1.82, 2.24) is 0 Å². The van der Waals surface area contributed by atoms with Crippen molar-refractivity contribution < 1.29 is 4.74 Å². The highest BCUT2D eigenvalue weighted by Gasteiger charge is 2.08. The Bertz CT molecular complexity index is 238. The minimum atomic E-state index is 0.541. The Kier molecular flexibility index (Phi) is 23.0. The molecule has 0 rings (SSSR count). The van der Waals surface area contributed by atoms with Gasteiger partial charge in [-0.15, -0.1) is 0 Å². The zero-order valence-electron chi connectivity index (χ0n) is 18.8. The molecule has 0 saturated carbocycles. The van der Waals surface area contributed by atoms with Gasteiger partial charge in [-0.2, -0.15) is 0 Å². The monoisotopic (exact) mass is 368 g/mol. The lowest BCUT2D eigenvalue weighted by atomic mass is 10.0. The second-order valence-corrected chi connectivity index (χ2v) is 8.37. The first-order chi connectivity index (χ1) is 12.8. The molecule has 1 unspecified atom stereocenters. The van der Waals surface area contributed by atoms with E-state index >= 15 is 0 Å². The van der Waals surface area contributed by atoms with Gasteiger partial charge in [-0.05, 0) is 19.3 Å². The summed E-state index contributed by atoms with van der Waals surface area (Å²) < 4.78 is 6.25. The maximum atomic E-state index is 6.25. The van der Waals surface area contributed by atoms with Crippen molar-refractivity contribution in [2.45, 2.75) is 155 Å². The summed E-state index contributed by atoms with van der Waals surface area (Å²) in [5, 5.41) is 0. The van der Waals surface area contributed by atoms with E-state index in [0.29, 0.717) is 6.10 Å². The van der Waals surface area contributed by atoms with Crippen molar-refractivity contribution in [3.63, 3.8) is 0 Å². The van der Waals surface area contributed by atoms with E-state index in [2.05, 4.69) is 20.8 Å². The van der Waals surface area contributed by atoms with E-state index in [1.165, 1.54) is 128 Å². The van der Waals surface area contributed by atoms with Gasteiger partial charge in [-0.25, -0.2) is 0 Å². The van der Waals surface area contributed by atoms with Crippen LogP contribution in [0.3, 0.4) is 0 Å². The van der Waals surface area contributed by atoms with Crippen LogP contribution in [0.25, 0.3) is 0 Å². The van der Waals surface area contributed by atoms with E-state index in [0.717, 1.165) is 6.61 Å². The van der Waals surface area contributed by atoms with E-state index in [4.69, 9.17) is 4.74 Å². The Morgan fingerprint density at radius 1 is 0.423 bits per heavy atom. The van der Waals surface area contributed by atoms with Crippen LogP contribution in [0.2, 0.25) is 0 Å². The summed E-state index contributed by atoms with van der Waals surface area (Å²) in [6.45, 7) is 7.89. The first-order valence-electron chi connectivity index (χ1n) is 12.5. The molecule has 0 heterocycles. The number of hydrogen-bond acceptors (Lipinski definition) is 1. The smallest absolute Gasteiger partial charge is 0.0575 e. The van der Waals surface area contributed by atoms with E-state index in [-0.39, 0.29) is 0 Å². The van der Waals surface area contributed by atoms with Crippen molar-refractivity contribution in [3.05, 3.63) is 0 Å². The molecule has 0 aromatic carbocycles. The fraction of sp³-hybridized carbons (Fsp3) is 1.00. The molecule has 0 saturated heterocycles. The molecule has 0 spiro atoms. The van der Waals surface area contributed by atoms with Crippen LogP contribution >= 0.6 is 0 Å². The van der Waals surface area contributed by atoms with Crippen LogP contribution in [0.15, 0.2) is 0 Å². The number of hydrogen-bond donors (Lipinski definition) is 0. The van der Waals surface area contributed by atoms with E-state index in [1.807, 2.05) is 0 Å². The van der Waals surface area contributed by atoms with Crippen LogP contribution in [0.4, 0.5) is 0 Å². The topological polar surface area (TPSA) is 9.23 Å². The minimum Gasteiger partial charge on any atom is -0.378 e. The third-order valence-corrected chi connectivity index (χ3v) is 5.61. The Labute approximate surface area is 167 Å². The Morgan fingerprint density at radius 2 is 0.808 bits per heavy atom. The Morgan fingerprint density at radius 3 is 1.31 bits per heavy atom. The minimum absolute atomic E-state index is 0.541. The van der Waals surface area contributed by atoms with Crippen LogP contribution in [-0.4, -0.2) is 12.7 Å². The van der Waals surface area contributed by atoms with Crippen molar-refractivity contribution in [2.24, 2.45) is 0 Å². The van der Waals surface area contributed by atoms with Gasteiger partial charge in [-0.3, -0.25) is 0 Å². The van der Waals surface area contributed by atoms with Gasteiger partial charge in [0.1, 0.15) is 0 Å². The Hall–Kier alpha value is -0.0400. The SMILES string of the molecule is CCCCCCCCCCOC(CCCC)CCCCCCCCCC. The fourth-order valence-corrected chi connectivity index (χ4v) is 3.73. The lowest BCUT2D eigenvalue weighted by Crippen LogP contribution is -2.14. The van der Waals surface area contributed by atoms with Gasteiger partial charge in [0.2, 0.25) is 0 Å². The maximum Gasteiger partial charge on any atom is 0.0575 e. The zero-order chi connectivity index (χ0) is 19.1. The van der Waals surface area contributed by atoms with Gasteiger partial charge < -0.3 is 4.74 Å². The predicted octanol–water partition coefficient (Wildman–Crippen LogP) is 9.23. The first-order valence-corrected chi connectivity index (χ1v) is 12.5. The van der Waals surface area contributed by atoms with Gasteiger partial charge >= 0.3 is 0 Å². The van der Waals surface area contributed by atoms with E-state index in [9.17, 15) is 0 Å². The summed E-state index contributed by atoms with van der Waals surface area (Å²) >= 11 is 0. The van der Waals surface area contributed by atoms with Gasteiger partial charge in [-0.1, -0.05) is 130 Å². The quantitative estimate of drug-likeness (QED) is 0.173. The summed E-state index contributed by atoms with van der Waals surface area (Å²) in [6.07, 6.45) is 28.2. The fourth-order valence-electron chi connectivity index (χ4n) is 3.73. The lowest BCUT2D eigenvalue weighted by Gasteiger charge is -2.18.